The average molecular weight is 441 g/mol. The van der Waals surface area contributed by atoms with E-state index in [9.17, 15) is 26.4 Å². The minimum atomic E-state index is -5.02. The summed E-state index contributed by atoms with van der Waals surface area (Å²) < 4.78 is 67.9. The molecule has 1 saturated carbocycles. The summed E-state index contributed by atoms with van der Waals surface area (Å²) in [5.74, 6) is -1.64. The number of sulfonamides is 1. The van der Waals surface area contributed by atoms with Crippen LogP contribution in [0.1, 0.15) is 49.4 Å². The second-order valence-electron chi connectivity index (χ2n) is 8.35. The van der Waals surface area contributed by atoms with Crippen LogP contribution in [0.5, 0.6) is 0 Å². The Bertz CT molecular complexity index is 1130. The molecular formula is C20H22F3N3O3S. The summed E-state index contributed by atoms with van der Waals surface area (Å²) in [5.41, 5.74) is 1.42. The van der Waals surface area contributed by atoms with Crippen LogP contribution in [0.15, 0.2) is 23.2 Å². The number of aromatic nitrogens is 1. The molecule has 0 unspecified atom stereocenters. The SMILES string of the molecule is CC(C)CNS(=O)(=O)c1c2c(cc3cnc(C4CC4)cc13)CN(C(=O)C(F)(F)F)C2. The predicted octanol–water partition coefficient (Wildman–Crippen LogP) is 3.45. The number of pyridine rings is 1. The molecule has 2 heterocycles. The van der Waals surface area contributed by atoms with E-state index in [-0.39, 0.29) is 35.4 Å². The van der Waals surface area contributed by atoms with Crippen molar-refractivity contribution in [3.63, 3.8) is 0 Å². The highest BCUT2D eigenvalue weighted by Gasteiger charge is 2.45. The number of hydrogen-bond donors (Lipinski definition) is 1. The molecule has 0 radical (unpaired) electrons. The monoisotopic (exact) mass is 441 g/mol. The van der Waals surface area contributed by atoms with Gasteiger partial charge in [-0.1, -0.05) is 13.8 Å². The van der Waals surface area contributed by atoms with E-state index < -0.39 is 28.7 Å². The summed E-state index contributed by atoms with van der Waals surface area (Å²) >= 11 is 0. The molecule has 1 N–H and O–H groups in total. The summed E-state index contributed by atoms with van der Waals surface area (Å²) in [6, 6.07) is 3.37. The second kappa shape index (κ2) is 7.19. The summed E-state index contributed by atoms with van der Waals surface area (Å²) in [4.78, 5) is 16.8. The van der Waals surface area contributed by atoms with Crippen LogP contribution in [0.3, 0.4) is 0 Å². The van der Waals surface area contributed by atoms with E-state index in [0.29, 0.717) is 21.2 Å². The van der Waals surface area contributed by atoms with Gasteiger partial charge in [-0.3, -0.25) is 9.78 Å². The molecule has 1 amide bonds. The molecular weight excluding hydrogens is 419 g/mol. The predicted molar refractivity (Wildman–Crippen MR) is 104 cm³/mol. The van der Waals surface area contributed by atoms with E-state index in [1.807, 2.05) is 13.8 Å². The minimum Gasteiger partial charge on any atom is -0.326 e. The number of nitrogens with one attached hydrogen (secondary N) is 1. The van der Waals surface area contributed by atoms with Crippen LogP contribution in [0.25, 0.3) is 10.8 Å². The Balaban J connectivity index is 1.86. The molecule has 1 fully saturated rings. The Hall–Kier alpha value is -2.20. The van der Waals surface area contributed by atoms with Crippen molar-refractivity contribution in [1.82, 2.24) is 14.6 Å². The Morgan fingerprint density at radius 3 is 2.57 bits per heavy atom. The highest BCUT2D eigenvalue weighted by Crippen LogP contribution is 2.42. The van der Waals surface area contributed by atoms with Crippen molar-refractivity contribution in [3.05, 3.63) is 35.2 Å². The van der Waals surface area contributed by atoms with Crippen LogP contribution in [0.2, 0.25) is 0 Å². The van der Waals surface area contributed by atoms with Gasteiger partial charge in [-0.05, 0) is 42.0 Å². The van der Waals surface area contributed by atoms with Crippen molar-refractivity contribution in [2.24, 2.45) is 5.92 Å². The Labute approximate surface area is 172 Å². The smallest absolute Gasteiger partial charge is 0.326 e. The Morgan fingerprint density at radius 2 is 1.97 bits per heavy atom. The summed E-state index contributed by atoms with van der Waals surface area (Å²) in [5, 5.41) is 0.965. The molecule has 4 rings (SSSR count). The maximum absolute atomic E-state index is 13.2. The first-order valence-electron chi connectivity index (χ1n) is 9.77. The zero-order valence-electron chi connectivity index (χ0n) is 16.6. The summed E-state index contributed by atoms with van der Waals surface area (Å²) in [7, 11) is -4.01. The van der Waals surface area contributed by atoms with Crippen molar-refractivity contribution in [1.29, 1.82) is 0 Å². The highest BCUT2D eigenvalue weighted by molar-refractivity contribution is 7.89. The van der Waals surface area contributed by atoms with Gasteiger partial charge in [0.2, 0.25) is 10.0 Å². The second-order valence-corrected chi connectivity index (χ2v) is 10.1. The third kappa shape index (κ3) is 3.90. The number of rotatable bonds is 5. The Morgan fingerprint density at radius 1 is 1.27 bits per heavy atom. The molecule has 0 saturated heterocycles. The molecule has 2 aromatic rings. The average Bonchev–Trinajstić information content (AvgIpc) is 3.42. The largest absolute Gasteiger partial charge is 0.471 e. The van der Waals surface area contributed by atoms with E-state index in [1.54, 1.807) is 18.3 Å². The first-order valence-corrected chi connectivity index (χ1v) is 11.3. The van der Waals surface area contributed by atoms with E-state index in [2.05, 4.69) is 9.71 Å². The van der Waals surface area contributed by atoms with E-state index in [0.717, 1.165) is 18.5 Å². The number of alkyl halides is 3. The van der Waals surface area contributed by atoms with Crippen LogP contribution < -0.4 is 4.72 Å². The maximum atomic E-state index is 13.2. The van der Waals surface area contributed by atoms with E-state index in [1.165, 1.54) is 0 Å². The fraction of sp³-hybridized carbons (Fsp3) is 0.500. The molecule has 6 nitrogen and oxygen atoms in total. The van der Waals surface area contributed by atoms with Crippen molar-refractivity contribution >= 4 is 26.7 Å². The van der Waals surface area contributed by atoms with E-state index in [4.69, 9.17) is 0 Å². The molecule has 2 aliphatic rings. The standard InChI is InChI=1S/C20H22F3N3O3S/c1-11(2)7-25-30(28,29)18-15-6-17(12-3-4-12)24-8-13(15)5-14-9-26(10-16(14)18)19(27)20(21,22)23/h5-6,8,11-12,25H,3-4,7,9-10H2,1-2H3. The van der Waals surface area contributed by atoms with Crippen LogP contribution in [0.4, 0.5) is 13.2 Å². The van der Waals surface area contributed by atoms with Gasteiger partial charge < -0.3 is 4.90 Å². The van der Waals surface area contributed by atoms with Gasteiger partial charge in [-0.25, -0.2) is 13.1 Å². The lowest BCUT2D eigenvalue weighted by molar-refractivity contribution is -0.186. The number of nitrogens with zero attached hydrogens (tertiary/aromatic N) is 2. The lowest BCUT2D eigenvalue weighted by atomic mass is 10.0. The molecule has 0 bridgehead atoms. The first kappa shape index (κ1) is 21.0. The fourth-order valence-electron chi connectivity index (χ4n) is 3.72. The molecule has 1 aliphatic heterocycles. The van der Waals surface area contributed by atoms with Gasteiger partial charge >= 0.3 is 12.1 Å². The zero-order valence-corrected chi connectivity index (χ0v) is 17.4. The number of fused-ring (bicyclic) bond motifs is 2. The molecule has 0 spiro atoms. The van der Waals surface area contributed by atoms with Gasteiger partial charge in [0.15, 0.2) is 0 Å². The molecule has 30 heavy (non-hydrogen) atoms. The number of amides is 1. The quantitative estimate of drug-likeness (QED) is 0.771. The number of carbonyl (C=O) groups excluding carboxylic acids is 1. The van der Waals surface area contributed by atoms with E-state index >= 15 is 0 Å². The Kier molecular flexibility index (Phi) is 5.05. The number of halogens is 3. The number of carbonyl (C=O) groups is 1. The van der Waals surface area contributed by atoms with Crippen LogP contribution in [-0.4, -0.2) is 36.9 Å². The van der Waals surface area contributed by atoms with Gasteiger partial charge in [0, 0.05) is 48.2 Å². The number of benzene rings is 1. The normalized spacial score (nSPS) is 17.1. The maximum Gasteiger partial charge on any atom is 0.471 e. The summed E-state index contributed by atoms with van der Waals surface area (Å²) in [6.07, 6.45) is -1.49. The number of hydrogen-bond acceptors (Lipinski definition) is 4. The highest BCUT2D eigenvalue weighted by atomic mass is 32.2. The van der Waals surface area contributed by atoms with Crippen LogP contribution in [0, 0.1) is 5.92 Å². The topological polar surface area (TPSA) is 79.4 Å². The van der Waals surface area contributed by atoms with Gasteiger partial charge in [-0.2, -0.15) is 13.2 Å². The summed E-state index contributed by atoms with van der Waals surface area (Å²) in [6.45, 7) is 3.21. The molecule has 1 aromatic carbocycles. The van der Waals surface area contributed by atoms with Crippen molar-refractivity contribution in [2.45, 2.75) is 56.8 Å². The molecule has 162 valence electrons. The third-order valence-electron chi connectivity index (χ3n) is 5.38. The minimum absolute atomic E-state index is 0.0441. The third-order valence-corrected chi connectivity index (χ3v) is 6.93. The fourth-order valence-corrected chi connectivity index (χ4v) is 5.41. The lowest BCUT2D eigenvalue weighted by Gasteiger charge is -2.17. The van der Waals surface area contributed by atoms with Gasteiger partial charge in [-0.15, -0.1) is 0 Å². The first-order chi connectivity index (χ1) is 14.0. The molecule has 1 aromatic heterocycles. The van der Waals surface area contributed by atoms with Gasteiger partial charge in [0.1, 0.15) is 0 Å². The van der Waals surface area contributed by atoms with Crippen molar-refractivity contribution < 1.29 is 26.4 Å². The lowest BCUT2D eigenvalue weighted by Crippen LogP contribution is -2.37. The van der Waals surface area contributed by atoms with Crippen LogP contribution >= 0.6 is 0 Å². The van der Waals surface area contributed by atoms with Crippen molar-refractivity contribution in [3.8, 4) is 0 Å². The van der Waals surface area contributed by atoms with Crippen molar-refractivity contribution in [2.75, 3.05) is 6.54 Å². The van der Waals surface area contributed by atoms with Gasteiger partial charge in [0.05, 0.1) is 4.90 Å². The molecule has 10 heteroatoms. The zero-order chi connectivity index (χ0) is 21.8. The molecule has 1 aliphatic carbocycles. The van der Waals surface area contributed by atoms with Gasteiger partial charge in [0.25, 0.3) is 0 Å². The molecule has 0 atom stereocenters. The van der Waals surface area contributed by atoms with Crippen LogP contribution in [-0.2, 0) is 27.9 Å².